The molecular formula is C11H11N5S2. The predicted octanol–water partition coefficient (Wildman–Crippen LogP) is 2.79. The minimum atomic E-state index is 0.738. The number of rotatable bonds is 4. The molecule has 5 nitrogen and oxygen atoms in total. The van der Waals surface area contributed by atoms with Crippen LogP contribution in [0.2, 0.25) is 0 Å². The van der Waals surface area contributed by atoms with Gasteiger partial charge < -0.3 is 4.57 Å². The van der Waals surface area contributed by atoms with Gasteiger partial charge in [-0.15, -0.1) is 5.10 Å². The molecule has 0 aliphatic carbocycles. The number of isothiocyanates is 1. The normalized spacial score (nSPS) is 11.9. The van der Waals surface area contributed by atoms with Crippen molar-refractivity contribution in [1.82, 2.24) is 4.57 Å². The van der Waals surface area contributed by atoms with Crippen molar-refractivity contribution < 1.29 is 0 Å². The minimum absolute atomic E-state index is 0.738. The Labute approximate surface area is 115 Å². The summed E-state index contributed by atoms with van der Waals surface area (Å²) in [4.78, 5) is 0. The summed E-state index contributed by atoms with van der Waals surface area (Å²) in [6.45, 7) is 3.69. The first-order valence-corrected chi connectivity index (χ1v) is 6.17. The van der Waals surface area contributed by atoms with Crippen LogP contribution in [0.1, 0.15) is 25.2 Å². The molecular weight excluding hydrogens is 266 g/mol. The third-order valence-electron chi connectivity index (χ3n) is 2.33. The molecule has 0 bridgehead atoms. The molecule has 18 heavy (non-hydrogen) atoms. The molecule has 1 rings (SSSR count). The van der Waals surface area contributed by atoms with Gasteiger partial charge in [0.2, 0.25) is 0 Å². The van der Waals surface area contributed by atoms with E-state index in [0.717, 1.165) is 34.8 Å². The number of thiocarbonyl (C=S) groups is 1. The summed E-state index contributed by atoms with van der Waals surface area (Å²) in [6.07, 6.45) is 0. The smallest absolute Gasteiger partial charge is 0.157 e. The summed E-state index contributed by atoms with van der Waals surface area (Å²) in [5.41, 5.74) is 3.35. The van der Waals surface area contributed by atoms with Crippen molar-refractivity contribution in [2.24, 2.45) is 21.6 Å². The zero-order valence-electron chi connectivity index (χ0n) is 10.2. The van der Waals surface area contributed by atoms with E-state index < -0.39 is 0 Å². The molecule has 92 valence electrons. The Morgan fingerprint density at radius 2 is 1.94 bits per heavy atom. The van der Waals surface area contributed by atoms with E-state index in [1.165, 1.54) is 0 Å². The molecule has 0 aromatic carbocycles. The topological polar surface area (TPSA) is 65.8 Å². The van der Waals surface area contributed by atoms with Crippen molar-refractivity contribution >= 4 is 40.8 Å². The molecule has 7 heteroatoms. The van der Waals surface area contributed by atoms with Gasteiger partial charge >= 0.3 is 0 Å². The standard InChI is InChI=1S/C11H11N5S2/c1-8(14-13-7-17)10-4-5-11(16(10)3)9(2)15-18-6-12/h4-5H,1-3H3/b14-8+,15-9+. The molecule has 1 heterocycles. The fourth-order valence-electron chi connectivity index (χ4n) is 1.52. The highest BCUT2D eigenvalue weighted by molar-refractivity contribution is 8.02. The second-order valence-electron chi connectivity index (χ2n) is 3.40. The van der Waals surface area contributed by atoms with E-state index in [9.17, 15) is 0 Å². The Hall–Kier alpha value is -1.74. The number of hydrogen-bond acceptors (Lipinski definition) is 6. The van der Waals surface area contributed by atoms with E-state index in [-0.39, 0.29) is 0 Å². The van der Waals surface area contributed by atoms with Crippen LogP contribution in [-0.2, 0) is 7.05 Å². The fourth-order valence-corrected chi connectivity index (χ4v) is 1.83. The molecule has 0 amide bonds. The van der Waals surface area contributed by atoms with Crippen LogP contribution in [0.4, 0.5) is 0 Å². The second-order valence-corrected chi connectivity index (χ2v) is 4.13. The van der Waals surface area contributed by atoms with Crippen molar-refractivity contribution in [3.05, 3.63) is 23.5 Å². The molecule has 0 aliphatic heterocycles. The average molecular weight is 277 g/mol. The molecule has 0 saturated carbocycles. The van der Waals surface area contributed by atoms with E-state index in [1.807, 2.05) is 43.0 Å². The van der Waals surface area contributed by atoms with Crippen LogP contribution in [0, 0.1) is 10.7 Å². The zero-order chi connectivity index (χ0) is 13.5. The Morgan fingerprint density at radius 1 is 1.33 bits per heavy atom. The van der Waals surface area contributed by atoms with Crippen molar-refractivity contribution in [2.45, 2.75) is 13.8 Å². The Bertz CT molecular complexity index is 585. The van der Waals surface area contributed by atoms with Crippen LogP contribution < -0.4 is 0 Å². The van der Waals surface area contributed by atoms with Gasteiger partial charge in [0.1, 0.15) is 0 Å². The lowest BCUT2D eigenvalue weighted by atomic mass is 10.3. The van der Waals surface area contributed by atoms with Gasteiger partial charge in [-0.3, -0.25) is 0 Å². The molecule has 1 aromatic heterocycles. The molecule has 0 saturated heterocycles. The molecule has 0 aliphatic rings. The van der Waals surface area contributed by atoms with Crippen LogP contribution in [-0.4, -0.2) is 21.2 Å². The molecule has 0 atom stereocenters. The number of hydrogen-bond donors (Lipinski definition) is 0. The van der Waals surface area contributed by atoms with Crippen molar-refractivity contribution in [1.29, 1.82) is 5.26 Å². The van der Waals surface area contributed by atoms with Gasteiger partial charge in [0.15, 0.2) is 5.40 Å². The van der Waals surface area contributed by atoms with Crippen LogP contribution in [0.5, 0.6) is 0 Å². The highest BCUT2D eigenvalue weighted by Crippen LogP contribution is 2.12. The van der Waals surface area contributed by atoms with Crippen molar-refractivity contribution in [3.8, 4) is 5.40 Å². The molecule has 0 radical (unpaired) electrons. The highest BCUT2D eigenvalue weighted by Gasteiger charge is 2.09. The SMILES string of the molecule is C/C(=N\N=C=S)c1ccc(/C(C)=N/SC#N)n1C. The third-order valence-corrected chi connectivity index (χ3v) is 2.86. The van der Waals surface area contributed by atoms with Gasteiger partial charge in [-0.2, -0.15) is 5.26 Å². The van der Waals surface area contributed by atoms with E-state index >= 15 is 0 Å². The quantitative estimate of drug-likeness (QED) is 0.279. The van der Waals surface area contributed by atoms with Gasteiger partial charge in [-0.25, -0.2) is 4.40 Å². The largest absolute Gasteiger partial charge is 0.342 e. The number of nitriles is 1. The van der Waals surface area contributed by atoms with E-state index in [0.29, 0.717) is 0 Å². The van der Waals surface area contributed by atoms with Gasteiger partial charge in [-0.05, 0) is 38.2 Å². The third kappa shape index (κ3) is 3.37. The minimum Gasteiger partial charge on any atom is -0.342 e. The van der Waals surface area contributed by atoms with Gasteiger partial charge in [0.25, 0.3) is 0 Å². The highest BCUT2D eigenvalue weighted by atomic mass is 32.2. The fraction of sp³-hybridized carbons (Fsp3) is 0.273. The molecule has 0 spiro atoms. The van der Waals surface area contributed by atoms with Crippen LogP contribution >= 0.6 is 24.2 Å². The summed E-state index contributed by atoms with van der Waals surface area (Å²) in [7, 11) is 1.90. The van der Waals surface area contributed by atoms with Crippen molar-refractivity contribution in [2.75, 3.05) is 0 Å². The summed E-state index contributed by atoms with van der Waals surface area (Å²) in [5.74, 6) is 0. The molecule has 0 N–H and O–H groups in total. The Kier molecular flexibility index (Phi) is 5.46. The maximum Gasteiger partial charge on any atom is 0.157 e. The van der Waals surface area contributed by atoms with Crippen LogP contribution in [0.15, 0.2) is 26.7 Å². The monoisotopic (exact) mass is 277 g/mol. The first-order chi connectivity index (χ1) is 8.61. The van der Waals surface area contributed by atoms with E-state index in [4.69, 9.17) is 5.26 Å². The Morgan fingerprint density at radius 3 is 2.50 bits per heavy atom. The summed E-state index contributed by atoms with van der Waals surface area (Å²) < 4.78 is 6.01. The van der Waals surface area contributed by atoms with E-state index in [1.54, 1.807) is 0 Å². The van der Waals surface area contributed by atoms with Crippen LogP contribution in [0.25, 0.3) is 0 Å². The number of thiocyanates is 1. The Balaban J connectivity index is 3.12. The first-order valence-electron chi connectivity index (χ1n) is 4.99. The van der Waals surface area contributed by atoms with Gasteiger partial charge in [0, 0.05) is 7.05 Å². The predicted molar refractivity (Wildman–Crippen MR) is 78.1 cm³/mol. The van der Waals surface area contributed by atoms with Gasteiger partial charge in [0.05, 0.1) is 39.9 Å². The first kappa shape index (κ1) is 14.3. The number of aromatic nitrogens is 1. The lowest BCUT2D eigenvalue weighted by Crippen LogP contribution is -2.08. The lowest BCUT2D eigenvalue weighted by Gasteiger charge is -2.05. The molecule has 0 fully saturated rings. The summed E-state index contributed by atoms with van der Waals surface area (Å²) >= 11 is 5.32. The molecule has 1 aromatic rings. The lowest BCUT2D eigenvalue weighted by molar-refractivity contribution is 0.899. The van der Waals surface area contributed by atoms with Crippen LogP contribution in [0.3, 0.4) is 0 Å². The number of nitrogens with zero attached hydrogens (tertiary/aromatic N) is 5. The summed E-state index contributed by atoms with van der Waals surface area (Å²) in [6, 6.07) is 3.84. The maximum absolute atomic E-state index is 8.47. The molecule has 0 unspecified atom stereocenters. The van der Waals surface area contributed by atoms with Crippen molar-refractivity contribution in [3.63, 3.8) is 0 Å². The summed E-state index contributed by atoms with van der Waals surface area (Å²) in [5, 5.41) is 20.0. The zero-order valence-corrected chi connectivity index (χ0v) is 11.8. The maximum atomic E-state index is 8.47. The van der Waals surface area contributed by atoms with E-state index in [2.05, 4.69) is 32.0 Å². The second kappa shape index (κ2) is 6.87. The average Bonchev–Trinajstić information content (AvgIpc) is 2.75. The van der Waals surface area contributed by atoms with Gasteiger partial charge in [-0.1, -0.05) is 5.10 Å².